The Morgan fingerprint density at radius 3 is 2.50 bits per heavy atom. The van der Waals surface area contributed by atoms with Crippen LogP contribution in [0.2, 0.25) is 0 Å². The highest BCUT2D eigenvalue weighted by molar-refractivity contribution is 5.27. The van der Waals surface area contributed by atoms with Gasteiger partial charge in [0, 0.05) is 32.8 Å². The Bertz CT molecular complexity index is 634. The lowest BCUT2D eigenvalue weighted by Crippen LogP contribution is -2.32. The SMILES string of the molecule is CCOCCCNCc1ccc(OC[C@@H](O)CN(C)Cc2ccccc2)cc1. The number of hydrogen-bond donors (Lipinski definition) is 2. The number of nitrogens with zero attached hydrogens (tertiary/aromatic N) is 1. The smallest absolute Gasteiger partial charge is 0.119 e. The van der Waals surface area contributed by atoms with Gasteiger partial charge < -0.3 is 19.9 Å². The summed E-state index contributed by atoms with van der Waals surface area (Å²) in [5.41, 5.74) is 2.45. The second-order valence-corrected chi connectivity index (χ2v) is 7.02. The van der Waals surface area contributed by atoms with Crippen molar-refractivity contribution in [2.75, 3.05) is 40.0 Å². The molecule has 28 heavy (non-hydrogen) atoms. The summed E-state index contributed by atoms with van der Waals surface area (Å²) in [5, 5.41) is 13.6. The van der Waals surface area contributed by atoms with Gasteiger partial charge >= 0.3 is 0 Å². The summed E-state index contributed by atoms with van der Waals surface area (Å²) < 4.78 is 11.1. The number of ether oxygens (including phenoxy) is 2. The topological polar surface area (TPSA) is 54.0 Å². The zero-order valence-corrected chi connectivity index (χ0v) is 17.1. The molecule has 0 aromatic heterocycles. The van der Waals surface area contributed by atoms with Crippen LogP contribution < -0.4 is 10.1 Å². The predicted molar refractivity (Wildman–Crippen MR) is 114 cm³/mol. The van der Waals surface area contributed by atoms with Crippen LogP contribution in [0.3, 0.4) is 0 Å². The van der Waals surface area contributed by atoms with Crippen LogP contribution in [0.25, 0.3) is 0 Å². The third-order valence-electron chi connectivity index (χ3n) is 4.36. The molecule has 154 valence electrons. The molecule has 0 amide bonds. The third-order valence-corrected chi connectivity index (χ3v) is 4.36. The number of aliphatic hydroxyl groups is 1. The Hall–Kier alpha value is -1.92. The molecule has 2 N–H and O–H groups in total. The van der Waals surface area contributed by atoms with Crippen molar-refractivity contribution in [3.63, 3.8) is 0 Å². The molecule has 0 saturated carbocycles. The molecule has 2 aromatic carbocycles. The predicted octanol–water partition coefficient (Wildman–Crippen LogP) is 3.07. The molecule has 5 heteroatoms. The molecule has 0 aliphatic carbocycles. The van der Waals surface area contributed by atoms with Crippen LogP contribution >= 0.6 is 0 Å². The molecular formula is C23H34N2O3. The van der Waals surface area contributed by atoms with Gasteiger partial charge in [0.2, 0.25) is 0 Å². The summed E-state index contributed by atoms with van der Waals surface area (Å²) >= 11 is 0. The normalized spacial score (nSPS) is 12.3. The Balaban J connectivity index is 1.62. The first-order valence-electron chi connectivity index (χ1n) is 10.1. The average molecular weight is 387 g/mol. The van der Waals surface area contributed by atoms with Gasteiger partial charge in [0.25, 0.3) is 0 Å². The summed E-state index contributed by atoms with van der Waals surface area (Å²) in [4.78, 5) is 2.10. The van der Waals surface area contributed by atoms with E-state index in [2.05, 4.69) is 34.5 Å². The molecule has 2 aromatic rings. The van der Waals surface area contributed by atoms with E-state index in [4.69, 9.17) is 9.47 Å². The van der Waals surface area contributed by atoms with Crippen molar-refractivity contribution < 1.29 is 14.6 Å². The molecule has 0 heterocycles. The van der Waals surface area contributed by atoms with E-state index in [0.717, 1.165) is 45.0 Å². The molecule has 0 aliphatic heterocycles. The molecule has 0 saturated heterocycles. The Morgan fingerprint density at radius 1 is 1.04 bits per heavy atom. The van der Waals surface area contributed by atoms with Gasteiger partial charge in [-0.05, 0) is 50.2 Å². The minimum absolute atomic E-state index is 0.286. The van der Waals surface area contributed by atoms with E-state index in [-0.39, 0.29) is 6.61 Å². The number of hydrogen-bond acceptors (Lipinski definition) is 5. The van der Waals surface area contributed by atoms with E-state index < -0.39 is 6.10 Å². The first kappa shape index (κ1) is 22.4. The van der Waals surface area contributed by atoms with Gasteiger partial charge in [-0.2, -0.15) is 0 Å². The van der Waals surface area contributed by atoms with E-state index in [1.54, 1.807) is 0 Å². The quantitative estimate of drug-likeness (QED) is 0.489. The molecule has 0 aliphatic rings. The van der Waals surface area contributed by atoms with E-state index in [1.807, 2.05) is 44.3 Å². The molecular weight excluding hydrogens is 352 g/mol. The monoisotopic (exact) mass is 386 g/mol. The first-order valence-corrected chi connectivity index (χ1v) is 10.1. The maximum Gasteiger partial charge on any atom is 0.119 e. The minimum Gasteiger partial charge on any atom is -0.491 e. The summed E-state index contributed by atoms with van der Waals surface area (Å²) in [6.07, 6.45) is 0.492. The molecule has 0 spiro atoms. The minimum atomic E-state index is -0.527. The highest BCUT2D eigenvalue weighted by Crippen LogP contribution is 2.13. The van der Waals surface area contributed by atoms with Crippen molar-refractivity contribution >= 4 is 0 Å². The van der Waals surface area contributed by atoms with Crippen LogP contribution in [0.5, 0.6) is 5.75 Å². The van der Waals surface area contributed by atoms with Gasteiger partial charge in [0.05, 0.1) is 0 Å². The van der Waals surface area contributed by atoms with Gasteiger partial charge in [-0.25, -0.2) is 0 Å². The molecule has 5 nitrogen and oxygen atoms in total. The van der Waals surface area contributed by atoms with Gasteiger partial charge in [0.1, 0.15) is 18.5 Å². The number of nitrogens with one attached hydrogen (secondary N) is 1. The Kier molecular flexibility index (Phi) is 10.6. The third kappa shape index (κ3) is 9.33. The van der Waals surface area contributed by atoms with Crippen LogP contribution in [0.15, 0.2) is 54.6 Å². The Morgan fingerprint density at radius 2 is 1.79 bits per heavy atom. The van der Waals surface area contributed by atoms with E-state index >= 15 is 0 Å². The highest BCUT2D eigenvalue weighted by Gasteiger charge is 2.10. The van der Waals surface area contributed by atoms with Crippen molar-refractivity contribution in [3.8, 4) is 5.75 Å². The van der Waals surface area contributed by atoms with E-state index in [1.165, 1.54) is 11.1 Å². The fourth-order valence-corrected chi connectivity index (χ4v) is 2.94. The van der Waals surface area contributed by atoms with Gasteiger partial charge in [-0.15, -0.1) is 0 Å². The summed E-state index contributed by atoms with van der Waals surface area (Å²) in [5.74, 6) is 0.782. The lowest BCUT2D eigenvalue weighted by atomic mass is 10.2. The molecule has 2 rings (SSSR count). The number of benzene rings is 2. The molecule has 0 bridgehead atoms. The largest absolute Gasteiger partial charge is 0.491 e. The van der Waals surface area contributed by atoms with Gasteiger partial charge in [-0.1, -0.05) is 42.5 Å². The van der Waals surface area contributed by atoms with Crippen LogP contribution in [0.4, 0.5) is 0 Å². The van der Waals surface area contributed by atoms with Gasteiger partial charge in [-0.3, -0.25) is 4.90 Å². The molecule has 0 radical (unpaired) electrons. The fraction of sp³-hybridized carbons (Fsp3) is 0.478. The van der Waals surface area contributed by atoms with Crippen molar-refractivity contribution in [1.29, 1.82) is 0 Å². The Labute approximate surface area is 169 Å². The fourth-order valence-electron chi connectivity index (χ4n) is 2.94. The van der Waals surface area contributed by atoms with Crippen LogP contribution in [0.1, 0.15) is 24.5 Å². The van der Waals surface area contributed by atoms with Crippen LogP contribution in [0, 0.1) is 0 Å². The highest BCUT2D eigenvalue weighted by atomic mass is 16.5. The van der Waals surface area contributed by atoms with Crippen molar-refractivity contribution in [3.05, 3.63) is 65.7 Å². The zero-order chi connectivity index (χ0) is 20.0. The molecule has 0 fully saturated rings. The number of likely N-dealkylation sites (N-methyl/N-ethyl adjacent to an activating group) is 1. The van der Waals surface area contributed by atoms with Crippen molar-refractivity contribution in [2.24, 2.45) is 0 Å². The zero-order valence-electron chi connectivity index (χ0n) is 17.1. The molecule has 0 unspecified atom stereocenters. The van der Waals surface area contributed by atoms with Crippen LogP contribution in [-0.2, 0) is 17.8 Å². The lowest BCUT2D eigenvalue weighted by molar-refractivity contribution is 0.0744. The number of aliphatic hydroxyl groups excluding tert-OH is 1. The maximum absolute atomic E-state index is 10.2. The van der Waals surface area contributed by atoms with E-state index in [9.17, 15) is 5.11 Å². The average Bonchev–Trinajstić information content (AvgIpc) is 2.70. The first-order chi connectivity index (χ1) is 13.7. The summed E-state index contributed by atoms with van der Waals surface area (Å²) in [7, 11) is 2.01. The van der Waals surface area contributed by atoms with E-state index in [0.29, 0.717) is 6.54 Å². The lowest BCUT2D eigenvalue weighted by Gasteiger charge is -2.21. The standard InChI is InChI=1S/C23H34N2O3/c1-3-27-15-7-14-24-16-20-10-12-23(13-11-20)28-19-22(26)18-25(2)17-21-8-5-4-6-9-21/h4-6,8-13,22,24,26H,3,7,14-19H2,1-2H3/t22-/m0/s1. The summed E-state index contributed by atoms with van der Waals surface area (Å²) in [6, 6.07) is 18.3. The van der Waals surface area contributed by atoms with Crippen molar-refractivity contribution in [2.45, 2.75) is 32.5 Å². The van der Waals surface area contributed by atoms with Crippen molar-refractivity contribution in [1.82, 2.24) is 10.2 Å². The molecule has 1 atom stereocenters. The van der Waals surface area contributed by atoms with Crippen LogP contribution in [-0.4, -0.2) is 56.1 Å². The number of rotatable bonds is 14. The summed E-state index contributed by atoms with van der Waals surface area (Å²) in [6.45, 7) is 7.04. The van der Waals surface area contributed by atoms with Gasteiger partial charge in [0.15, 0.2) is 0 Å². The second-order valence-electron chi connectivity index (χ2n) is 7.02. The maximum atomic E-state index is 10.2. The second kappa shape index (κ2) is 13.3.